The highest BCUT2D eigenvalue weighted by Gasteiger charge is 2.14. The second-order valence-corrected chi connectivity index (χ2v) is 4.35. The van der Waals surface area contributed by atoms with E-state index in [1.807, 2.05) is 24.4 Å². The van der Waals surface area contributed by atoms with E-state index >= 15 is 0 Å². The maximum absolute atomic E-state index is 5.78. The number of ether oxygens (including phenoxy) is 1. The molecule has 0 unspecified atom stereocenters. The van der Waals surface area contributed by atoms with Gasteiger partial charge in [-0.25, -0.2) is 9.97 Å². The lowest BCUT2D eigenvalue weighted by Gasteiger charge is -2.12. The van der Waals surface area contributed by atoms with Crippen LogP contribution in [-0.2, 0) is 0 Å². The van der Waals surface area contributed by atoms with Gasteiger partial charge in [-0.05, 0) is 31.5 Å². The van der Waals surface area contributed by atoms with Crippen LogP contribution in [0.5, 0.6) is 5.75 Å². The number of aromatic nitrogens is 2. The minimum absolute atomic E-state index is 0.496. The number of hydrogen-bond acceptors (Lipinski definition) is 4. The van der Waals surface area contributed by atoms with Crippen molar-refractivity contribution in [2.45, 2.75) is 18.9 Å². The second kappa shape index (κ2) is 4.67. The van der Waals surface area contributed by atoms with Crippen molar-refractivity contribution in [2.75, 3.05) is 13.2 Å². The molecule has 0 saturated carbocycles. The van der Waals surface area contributed by atoms with Gasteiger partial charge in [0.15, 0.2) is 0 Å². The van der Waals surface area contributed by atoms with E-state index in [-0.39, 0.29) is 0 Å². The van der Waals surface area contributed by atoms with Gasteiger partial charge in [0.2, 0.25) is 0 Å². The number of hydrogen-bond donors (Lipinski definition) is 1. The first-order chi connectivity index (χ1) is 8.42. The van der Waals surface area contributed by atoms with Gasteiger partial charge in [0.1, 0.15) is 18.7 Å². The summed E-state index contributed by atoms with van der Waals surface area (Å²) >= 11 is 0. The van der Waals surface area contributed by atoms with Crippen molar-refractivity contribution in [1.29, 1.82) is 0 Å². The summed E-state index contributed by atoms with van der Waals surface area (Å²) in [5, 5.41) is 4.45. The Balaban J connectivity index is 1.72. The molecule has 0 amide bonds. The van der Waals surface area contributed by atoms with E-state index in [0.717, 1.165) is 29.8 Å². The third-order valence-electron chi connectivity index (χ3n) is 3.09. The van der Waals surface area contributed by atoms with Gasteiger partial charge in [-0.2, -0.15) is 0 Å². The fourth-order valence-electron chi connectivity index (χ4n) is 2.14. The molecule has 3 rings (SSSR count). The van der Waals surface area contributed by atoms with Crippen molar-refractivity contribution < 1.29 is 4.74 Å². The Hall–Kier alpha value is -1.68. The second-order valence-electron chi connectivity index (χ2n) is 4.35. The molecule has 1 N–H and O–H groups in total. The van der Waals surface area contributed by atoms with Crippen LogP contribution < -0.4 is 10.1 Å². The average Bonchev–Trinajstić information content (AvgIpc) is 2.89. The Kier molecular flexibility index (Phi) is 2.88. The first kappa shape index (κ1) is 10.5. The van der Waals surface area contributed by atoms with Crippen LogP contribution in [0.3, 0.4) is 0 Å². The summed E-state index contributed by atoms with van der Waals surface area (Å²) in [4.78, 5) is 8.20. The number of nitrogens with zero attached hydrogens (tertiary/aromatic N) is 2. The summed E-state index contributed by atoms with van der Waals surface area (Å²) in [7, 11) is 0. The maximum atomic E-state index is 5.78. The third-order valence-corrected chi connectivity index (χ3v) is 3.09. The van der Waals surface area contributed by atoms with Gasteiger partial charge in [-0.3, -0.25) is 0 Å². The minimum atomic E-state index is 0.496. The lowest BCUT2D eigenvalue weighted by molar-refractivity contribution is 0.277. The monoisotopic (exact) mass is 229 g/mol. The number of benzene rings is 1. The molecular weight excluding hydrogens is 214 g/mol. The largest absolute Gasteiger partial charge is 0.492 e. The molecule has 0 bridgehead atoms. The Morgan fingerprint density at radius 1 is 1.41 bits per heavy atom. The predicted molar refractivity (Wildman–Crippen MR) is 66.1 cm³/mol. The molecule has 2 aromatic rings. The summed E-state index contributed by atoms with van der Waals surface area (Å²) in [6.45, 7) is 1.84. The molecule has 0 aliphatic carbocycles. The minimum Gasteiger partial charge on any atom is -0.492 e. The van der Waals surface area contributed by atoms with E-state index in [9.17, 15) is 0 Å². The van der Waals surface area contributed by atoms with Crippen LogP contribution >= 0.6 is 0 Å². The normalized spacial score (nSPS) is 19.6. The fraction of sp³-hybridized carbons (Fsp3) is 0.385. The van der Waals surface area contributed by atoms with Crippen LogP contribution in [0.15, 0.2) is 30.7 Å². The van der Waals surface area contributed by atoms with Gasteiger partial charge in [-0.1, -0.05) is 0 Å². The summed E-state index contributed by atoms with van der Waals surface area (Å²) in [6, 6.07) is 6.43. The van der Waals surface area contributed by atoms with Crippen LogP contribution in [0, 0.1) is 0 Å². The average molecular weight is 229 g/mol. The molecule has 2 heterocycles. The topological polar surface area (TPSA) is 47.0 Å². The fourth-order valence-corrected chi connectivity index (χ4v) is 2.14. The van der Waals surface area contributed by atoms with Crippen LogP contribution in [0.1, 0.15) is 12.8 Å². The lowest BCUT2D eigenvalue weighted by atomic mass is 10.2. The molecular formula is C13H15N3O. The van der Waals surface area contributed by atoms with Crippen molar-refractivity contribution in [3.05, 3.63) is 30.7 Å². The predicted octanol–water partition coefficient (Wildman–Crippen LogP) is 1.76. The molecule has 1 atom stereocenters. The van der Waals surface area contributed by atoms with E-state index in [4.69, 9.17) is 4.74 Å². The number of fused-ring (bicyclic) bond motifs is 1. The SMILES string of the molecule is c1ncc2ccc(OC[C@@H]3CCCN3)cc2n1. The zero-order valence-electron chi connectivity index (χ0n) is 9.60. The molecule has 1 fully saturated rings. The molecule has 17 heavy (non-hydrogen) atoms. The highest BCUT2D eigenvalue weighted by atomic mass is 16.5. The van der Waals surface area contributed by atoms with E-state index < -0.39 is 0 Å². The van der Waals surface area contributed by atoms with Crippen molar-refractivity contribution in [3.63, 3.8) is 0 Å². The lowest BCUT2D eigenvalue weighted by Crippen LogP contribution is -2.28. The number of nitrogens with one attached hydrogen (secondary N) is 1. The van der Waals surface area contributed by atoms with Crippen LogP contribution in [0.25, 0.3) is 10.9 Å². The highest BCUT2D eigenvalue weighted by molar-refractivity contribution is 5.78. The zero-order chi connectivity index (χ0) is 11.5. The van der Waals surface area contributed by atoms with Gasteiger partial charge in [0.25, 0.3) is 0 Å². The van der Waals surface area contributed by atoms with E-state index in [2.05, 4.69) is 15.3 Å². The number of rotatable bonds is 3. The summed E-state index contributed by atoms with van der Waals surface area (Å²) in [5.74, 6) is 0.880. The summed E-state index contributed by atoms with van der Waals surface area (Å²) in [6.07, 6.45) is 5.82. The van der Waals surface area contributed by atoms with Crippen molar-refractivity contribution >= 4 is 10.9 Å². The molecule has 4 nitrogen and oxygen atoms in total. The van der Waals surface area contributed by atoms with Gasteiger partial charge in [0, 0.05) is 23.7 Å². The van der Waals surface area contributed by atoms with Crippen molar-refractivity contribution in [2.24, 2.45) is 0 Å². The molecule has 1 saturated heterocycles. The highest BCUT2D eigenvalue weighted by Crippen LogP contribution is 2.18. The molecule has 0 spiro atoms. The van der Waals surface area contributed by atoms with E-state index in [1.54, 1.807) is 6.33 Å². The maximum Gasteiger partial charge on any atom is 0.121 e. The molecule has 1 aromatic carbocycles. The van der Waals surface area contributed by atoms with Crippen LogP contribution in [0.2, 0.25) is 0 Å². The van der Waals surface area contributed by atoms with Gasteiger partial charge >= 0.3 is 0 Å². The van der Waals surface area contributed by atoms with E-state index in [1.165, 1.54) is 12.8 Å². The molecule has 1 aliphatic rings. The Labute approximate surface area is 100 Å². The van der Waals surface area contributed by atoms with Crippen molar-refractivity contribution in [1.82, 2.24) is 15.3 Å². The Bertz CT molecular complexity index is 509. The summed E-state index contributed by atoms with van der Waals surface area (Å²) < 4.78 is 5.78. The molecule has 1 aromatic heterocycles. The smallest absolute Gasteiger partial charge is 0.121 e. The molecule has 88 valence electrons. The van der Waals surface area contributed by atoms with Crippen molar-refractivity contribution in [3.8, 4) is 5.75 Å². The standard InChI is InChI=1S/C13H15N3O/c1-2-11(15-5-1)8-17-12-4-3-10-7-14-9-16-13(10)6-12/h3-4,6-7,9,11,15H,1-2,5,8H2/t11-/m0/s1. The van der Waals surface area contributed by atoms with E-state index in [0.29, 0.717) is 6.04 Å². The Morgan fingerprint density at radius 2 is 2.41 bits per heavy atom. The van der Waals surface area contributed by atoms with Gasteiger partial charge in [0.05, 0.1) is 5.52 Å². The Morgan fingerprint density at radius 3 is 3.29 bits per heavy atom. The summed E-state index contributed by atoms with van der Waals surface area (Å²) in [5.41, 5.74) is 0.928. The molecule has 4 heteroatoms. The van der Waals surface area contributed by atoms with Crippen LogP contribution in [-0.4, -0.2) is 29.2 Å². The molecule has 1 aliphatic heterocycles. The van der Waals surface area contributed by atoms with Gasteiger partial charge < -0.3 is 10.1 Å². The van der Waals surface area contributed by atoms with Crippen LogP contribution in [0.4, 0.5) is 0 Å². The van der Waals surface area contributed by atoms with Gasteiger partial charge in [-0.15, -0.1) is 0 Å². The quantitative estimate of drug-likeness (QED) is 0.871. The first-order valence-electron chi connectivity index (χ1n) is 5.98. The first-order valence-corrected chi connectivity index (χ1v) is 5.98. The molecule has 0 radical (unpaired) electrons. The zero-order valence-corrected chi connectivity index (χ0v) is 9.60. The third kappa shape index (κ3) is 2.36.